The molecule has 4 nitrogen and oxygen atoms in total. The molecule has 0 aromatic carbocycles. The Morgan fingerprint density at radius 2 is 2.38 bits per heavy atom. The highest BCUT2D eigenvalue weighted by atomic mass is 32.2. The molecule has 0 radical (unpaired) electrons. The lowest BCUT2D eigenvalue weighted by Crippen LogP contribution is -2.10. The van der Waals surface area contributed by atoms with Crippen molar-refractivity contribution in [3.05, 3.63) is 29.5 Å². The minimum absolute atomic E-state index is 0.0283. The molecule has 0 aliphatic carbocycles. The van der Waals surface area contributed by atoms with Gasteiger partial charge >= 0.3 is 0 Å². The standard InChI is InChI=1S/C10H12N4S2/c1-2-8(11)9-4-3-7(5-12-9)16-10-14-13-6-15-10/h3-6,8H,2,11H2,1H3. The average Bonchev–Trinajstić information content (AvgIpc) is 2.82. The van der Waals surface area contributed by atoms with Gasteiger partial charge in [0.25, 0.3) is 0 Å². The monoisotopic (exact) mass is 252 g/mol. The summed E-state index contributed by atoms with van der Waals surface area (Å²) in [6.07, 6.45) is 2.73. The number of hydrogen-bond donors (Lipinski definition) is 1. The van der Waals surface area contributed by atoms with E-state index in [0.29, 0.717) is 0 Å². The summed E-state index contributed by atoms with van der Waals surface area (Å²) in [5, 5.41) is 7.75. The molecular weight excluding hydrogens is 240 g/mol. The molecular formula is C10H12N4S2. The van der Waals surface area contributed by atoms with Crippen LogP contribution in [0.4, 0.5) is 0 Å². The van der Waals surface area contributed by atoms with Crippen LogP contribution in [0.25, 0.3) is 0 Å². The summed E-state index contributed by atoms with van der Waals surface area (Å²) in [6.45, 7) is 2.05. The third-order valence-electron chi connectivity index (χ3n) is 2.12. The van der Waals surface area contributed by atoms with E-state index in [1.54, 1.807) is 17.3 Å². The van der Waals surface area contributed by atoms with E-state index < -0.39 is 0 Å². The lowest BCUT2D eigenvalue weighted by atomic mass is 10.1. The van der Waals surface area contributed by atoms with Gasteiger partial charge < -0.3 is 5.73 Å². The van der Waals surface area contributed by atoms with Gasteiger partial charge in [0, 0.05) is 17.1 Å². The Bertz CT molecular complexity index is 427. The minimum Gasteiger partial charge on any atom is -0.323 e. The molecule has 84 valence electrons. The second kappa shape index (κ2) is 5.38. The molecule has 1 atom stereocenters. The van der Waals surface area contributed by atoms with Gasteiger partial charge in [-0.2, -0.15) is 0 Å². The number of nitrogens with two attached hydrogens (primary N) is 1. The first-order valence-electron chi connectivity index (χ1n) is 4.95. The van der Waals surface area contributed by atoms with E-state index in [1.807, 2.05) is 18.3 Å². The van der Waals surface area contributed by atoms with Gasteiger partial charge in [-0.1, -0.05) is 30.0 Å². The number of rotatable bonds is 4. The van der Waals surface area contributed by atoms with E-state index in [0.717, 1.165) is 21.3 Å². The van der Waals surface area contributed by atoms with Crippen molar-refractivity contribution >= 4 is 23.1 Å². The van der Waals surface area contributed by atoms with E-state index in [9.17, 15) is 0 Å². The van der Waals surface area contributed by atoms with Crippen LogP contribution in [0, 0.1) is 0 Å². The summed E-state index contributed by atoms with van der Waals surface area (Å²) in [7, 11) is 0. The Labute approximate surface area is 102 Å². The first-order chi connectivity index (χ1) is 7.79. The van der Waals surface area contributed by atoms with E-state index in [-0.39, 0.29) is 6.04 Å². The van der Waals surface area contributed by atoms with E-state index in [2.05, 4.69) is 22.1 Å². The molecule has 0 aliphatic heterocycles. The van der Waals surface area contributed by atoms with Gasteiger partial charge in [-0.05, 0) is 18.6 Å². The zero-order valence-corrected chi connectivity index (χ0v) is 10.5. The van der Waals surface area contributed by atoms with Crippen molar-refractivity contribution in [3.8, 4) is 0 Å². The van der Waals surface area contributed by atoms with Crippen LogP contribution in [-0.2, 0) is 0 Å². The Morgan fingerprint density at radius 1 is 1.50 bits per heavy atom. The number of nitrogens with zero attached hydrogens (tertiary/aromatic N) is 3. The maximum absolute atomic E-state index is 5.89. The van der Waals surface area contributed by atoms with Crippen molar-refractivity contribution in [2.75, 3.05) is 0 Å². The summed E-state index contributed by atoms with van der Waals surface area (Å²) < 4.78 is 0.925. The molecule has 2 aromatic rings. The van der Waals surface area contributed by atoms with Crippen molar-refractivity contribution in [2.24, 2.45) is 5.73 Å². The molecule has 2 aromatic heterocycles. The molecule has 2 rings (SSSR count). The summed E-state index contributed by atoms with van der Waals surface area (Å²) in [5.41, 5.74) is 8.54. The topological polar surface area (TPSA) is 64.7 Å². The van der Waals surface area contributed by atoms with Crippen molar-refractivity contribution in [3.63, 3.8) is 0 Å². The largest absolute Gasteiger partial charge is 0.323 e. The fourth-order valence-electron chi connectivity index (χ4n) is 1.19. The van der Waals surface area contributed by atoms with E-state index >= 15 is 0 Å². The number of aromatic nitrogens is 3. The Balaban J connectivity index is 2.07. The van der Waals surface area contributed by atoms with Gasteiger partial charge in [-0.15, -0.1) is 10.2 Å². The highest BCUT2D eigenvalue weighted by Gasteiger charge is 2.05. The van der Waals surface area contributed by atoms with Gasteiger partial charge in [-0.25, -0.2) is 0 Å². The number of pyridine rings is 1. The normalized spacial score (nSPS) is 12.6. The van der Waals surface area contributed by atoms with Crippen LogP contribution in [0.15, 0.2) is 33.1 Å². The van der Waals surface area contributed by atoms with Crippen molar-refractivity contribution in [2.45, 2.75) is 28.6 Å². The first kappa shape index (κ1) is 11.5. The van der Waals surface area contributed by atoms with Gasteiger partial charge in [0.1, 0.15) is 5.51 Å². The van der Waals surface area contributed by atoms with Crippen LogP contribution in [0.2, 0.25) is 0 Å². The fourth-order valence-corrected chi connectivity index (χ4v) is 2.61. The molecule has 2 heterocycles. The molecule has 0 aliphatic rings. The summed E-state index contributed by atoms with van der Waals surface area (Å²) in [6, 6.07) is 4.02. The third-order valence-corrected chi connectivity index (χ3v) is 3.88. The highest BCUT2D eigenvalue weighted by molar-refractivity contribution is 8.01. The lowest BCUT2D eigenvalue weighted by Gasteiger charge is -2.07. The molecule has 0 fully saturated rings. The second-order valence-electron chi connectivity index (χ2n) is 3.24. The molecule has 6 heteroatoms. The first-order valence-corrected chi connectivity index (χ1v) is 6.64. The van der Waals surface area contributed by atoms with Crippen molar-refractivity contribution < 1.29 is 0 Å². The Hall–Kier alpha value is -0.980. The predicted octanol–water partition coefficient (Wildman–Crippen LogP) is 2.49. The summed E-state index contributed by atoms with van der Waals surface area (Å²) in [4.78, 5) is 5.40. The smallest absolute Gasteiger partial charge is 0.178 e. The van der Waals surface area contributed by atoms with Crippen molar-refractivity contribution in [1.82, 2.24) is 15.2 Å². The molecule has 2 N–H and O–H groups in total. The molecule has 0 bridgehead atoms. The third kappa shape index (κ3) is 2.78. The zero-order chi connectivity index (χ0) is 11.4. The van der Waals surface area contributed by atoms with Gasteiger partial charge in [0.2, 0.25) is 0 Å². The molecule has 0 spiro atoms. The quantitative estimate of drug-likeness (QED) is 0.905. The van der Waals surface area contributed by atoms with Crippen LogP contribution in [-0.4, -0.2) is 15.2 Å². The van der Waals surface area contributed by atoms with Gasteiger partial charge in [-0.3, -0.25) is 4.98 Å². The van der Waals surface area contributed by atoms with E-state index in [1.165, 1.54) is 11.3 Å². The van der Waals surface area contributed by atoms with Gasteiger partial charge in [0.15, 0.2) is 4.34 Å². The molecule has 1 unspecified atom stereocenters. The van der Waals surface area contributed by atoms with Crippen molar-refractivity contribution in [1.29, 1.82) is 0 Å². The van der Waals surface area contributed by atoms with Gasteiger partial charge in [0.05, 0.1) is 5.69 Å². The predicted molar refractivity (Wildman–Crippen MR) is 65.5 cm³/mol. The molecule has 16 heavy (non-hydrogen) atoms. The summed E-state index contributed by atoms with van der Waals surface area (Å²) >= 11 is 3.08. The Kier molecular flexibility index (Phi) is 3.87. The number of hydrogen-bond acceptors (Lipinski definition) is 6. The fraction of sp³-hybridized carbons (Fsp3) is 0.300. The zero-order valence-electron chi connectivity index (χ0n) is 8.83. The summed E-state index contributed by atoms with van der Waals surface area (Å²) in [5.74, 6) is 0. The molecule has 0 saturated carbocycles. The van der Waals surface area contributed by atoms with Crippen LogP contribution >= 0.6 is 23.1 Å². The SMILES string of the molecule is CCC(N)c1ccc(Sc2nncs2)cn1. The highest BCUT2D eigenvalue weighted by Crippen LogP contribution is 2.28. The molecule has 0 saturated heterocycles. The van der Waals surface area contributed by atoms with Crippen LogP contribution in [0.3, 0.4) is 0 Å². The maximum atomic E-state index is 5.89. The minimum atomic E-state index is 0.0283. The maximum Gasteiger partial charge on any atom is 0.178 e. The molecule has 0 amide bonds. The van der Waals surface area contributed by atoms with Crippen LogP contribution in [0.1, 0.15) is 25.1 Å². The average molecular weight is 252 g/mol. The van der Waals surface area contributed by atoms with Crippen LogP contribution in [0.5, 0.6) is 0 Å². The van der Waals surface area contributed by atoms with E-state index in [4.69, 9.17) is 5.73 Å². The second-order valence-corrected chi connectivity index (χ2v) is 5.39. The van der Waals surface area contributed by atoms with Crippen LogP contribution < -0.4 is 5.73 Å². The Morgan fingerprint density at radius 3 is 2.94 bits per heavy atom. The lowest BCUT2D eigenvalue weighted by molar-refractivity contribution is 0.674.